The van der Waals surface area contributed by atoms with Gasteiger partial charge < -0.3 is 9.84 Å². The number of fused-ring (bicyclic) bond motifs is 4. The van der Waals surface area contributed by atoms with E-state index in [2.05, 4.69) is 5.43 Å². The zero-order valence-corrected chi connectivity index (χ0v) is 27.8. The molecular weight excluding hydrogens is 630 g/mol. The number of phenols is 1. The van der Waals surface area contributed by atoms with Gasteiger partial charge >= 0.3 is 0 Å². The summed E-state index contributed by atoms with van der Waals surface area (Å²) in [5.41, 5.74) is 5.55. The molecule has 6 unspecified atom stereocenters. The van der Waals surface area contributed by atoms with Crippen LogP contribution in [0.25, 0.3) is 0 Å². The van der Waals surface area contributed by atoms with Crippen molar-refractivity contribution in [2.75, 3.05) is 16.9 Å². The Morgan fingerprint density at radius 2 is 1.52 bits per heavy atom. The molecule has 0 bridgehead atoms. The zero-order valence-electron chi connectivity index (χ0n) is 27.8. The van der Waals surface area contributed by atoms with E-state index in [1.54, 1.807) is 42.5 Å². The Bertz CT molecular complexity index is 2050. The van der Waals surface area contributed by atoms with Gasteiger partial charge in [0.1, 0.15) is 0 Å². The van der Waals surface area contributed by atoms with Gasteiger partial charge in [-0.3, -0.25) is 29.5 Å². The van der Waals surface area contributed by atoms with Crippen LogP contribution in [0.2, 0.25) is 0 Å². The number of amides is 4. The number of carbonyl (C=O) groups excluding carboxylic acids is 4. The number of rotatable bonds is 7. The summed E-state index contributed by atoms with van der Waals surface area (Å²) in [5.74, 6) is -5.00. The lowest BCUT2D eigenvalue weighted by molar-refractivity contribution is -0.138. The molecule has 4 amide bonds. The number of anilines is 2. The average molecular weight is 668 g/mol. The highest BCUT2D eigenvalue weighted by atomic mass is 16.5. The molecule has 3 fully saturated rings. The van der Waals surface area contributed by atoms with Gasteiger partial charge in [-0.15, -0.1) is 0 Å². The molecule has 2 saturated heterocycles. The van der Waals surface area contributed by atoms with Crippen molar-refractivity contribution in [3.63, 3.8) is 0 Å². The summed E-state index contributed by atoms with van der Waals surface area (Å²) < 4.78 is 5.83. The maximum absolute atomic E-state index is 15.3. The third-order valence-electron chi connectivity index (χ3n) is 11.0. The molecule has 4 aliphatic rings. The summed E-state index contributed by atoms with van der Waals surface area (Å²) in [5, 5.41) is 13.0. The molecule has 9 heteroatoms. The van der Waals surface area contributed by atoms with Gasteiger partial charge in [-0.25, -0.2) is 0 Å². The van der Waals surface area contributed by atoms with Gasteiger partial charge in [0.25, 0.3) is 11.8 Å². The quantitative estimate of drug-likeness (QED) is 0.176. The van der Waals surface area contributed by atoms with E-state index in [9.17, 15) is 19.5 Å². The van der Waals surface area contributed by atoms with Crippen molar-refractivity contribution in [2.24, 2.45) is 23.7 Å². The molecule has 0 radical (unpaired) electrons. The number of aromatic hydroxyl groups is 1. The first-order chi connectivity index (χ1) is 24.3. The van der Waals surface area contributed by atoms with E-state index in [0.717, 1.165) is 16.1 Å². The van der Waals surface area contributed by atoms with Crippen molar-refractivity contribution >= 4 is 35.0 Å². The molecule has 8 rings (SSSR count). The van der Waals surface area contributed by atoms with Crippen LogP contribution in [0, 0.1) is 30.6 Å². The number of hydrazine groups is 1. The van der Waals surface area contributed by atoms with Crippen LogP contribution >= 0.6 is 0 Å². The lowest BCUT2D eigenvalue weighted by atomic mass is 9.49. The predicted molar refractivity (Wildman–Crippen MR) is 187 cm³/mol. The number of aryl methyl sites for hydroxylation is 1. The molecule has 252 valence electrons. The first kappa shape index (κ1) is 31.6. The molecule has 2 aliphatic carbocycles. The zero-order chi connectivity index (χ0) is 34.7. The van der Waals surface area contributed by atoms with Crippen molar-refractivity contribution in [3.05, 3.63) is 131 Å². The van der Waals surface area contributed by atoms with E-state index in [1.807, 2.05) is 80.6 Å². The fourth-order valence-electron chi connectivity index (χ4n) is 8.97. The molecule has 4 aromatic rings. The molecule has 4 aromatic carbocycles. The minimum atomic E-state index is -1.49. The summed E-state index contributed by atoms with van der Waals surface area (Å²) >= 11 is 0. The van der Waals surface area contributed by atoms with Crippen LogP contribution < -0.4 is 15.1 Å². The van der Waals surface area contributed by atoms with Crippen molar-refractivity contribution in [3.8, 4) is 11.5 Å². The Hall–Kier alpha value is -5.70. The first-order valence-electron chi connectivity index (χ1n) is 17.1. The van der Waals surface area contributed by atoms with Crippen LogP contribution in [-0.4, -0.2) is 40.4 Å². The van der Waals surface area contributed by atoms with Crippen molar-refractivity contribution < 1.29 is 29.0 Å². The predicted octanol–water partition coefficient (Wildman–Crippen LogP) is 6.29. The summed E-state index contributed by atoms with van der Waals surface area (Å²) in [7, 11) is 0. The van der Waals surface area contributed by atoms with Crippen molar-refractivity contribution in [2.45, 2.75) is 38.0 Å². The fourth-order valence-corrected chi connectivity index (χ4v) is 8.97. The van der Waals surface area contributed by atoms with Crippen LogP contribution in [0.1, 0.15) is 42.4 Å². The number of phenolic OH excluding ortho intramolecular Hbond substituents is 1. The van der Waals surface area contributed by atoms with Crippen LogP contribution in [0.15, 0.2) is 115 Å². The molecule has 50 heavy (non-hydrogen) atoms. The SMILES string of the molecule is CCOc1cccc(C2C3=CCC4C(=O)N(c5ccccc5)C(=O)C4C3CC3C(=O)N(Nc4ccc(C)cc4)C(=O)C32c2ccccc2)c1O. The molecule has 9 nitrogen and oxygen atoms in total. The number of nitrogens with zero attached hydrogens (tertiary/aromatic N) is 2. The topological polar surface area (TPSA) is 116 Å². The largest absolute Gasteiger partial charge is 0.504 e. The summed E-state index contributed by atoms with van der Waals surface area (Å²) in [6, 6.07) is 30.8. The Morgan fingerprint density at radius 1 is 0.820 bits per heavy atom. The molecule has 2 N–H and O–H groups in total. The lowest BCUT2D eigenvalue weighted by Crippen LogP contribution is -2.53. The molecule has 1 saturated carbocycles. The number of carbonyl (C=O) groups is 4. The Balaban J connectivity index is 1.34. The maximum Gasteiger partial charge on any atom is 0.260 e. The van der Waals surface area contributed by atoms with Crippen molar-refractivity contribution in [1.29, 1.82) is 0 Å². The second kappa shape index (κ2) is 12.0. The van der Waals surface area contributed by atoms with Crippen molar-refractivity contribution in [1.82, 2.24) is 5.01 Å². The van der Waals surface area contributed by atoms with Gasteiger partial charge in [0.2, 0.25) is 11.8 Å². The Labute approximate surface area is 290 Å². The maximum atomic E-state index is 15.3. The molecule has 0 aromatic heterocycles. The van der Waals surface area contributed by atoms with E-state index < -0.39 is 46.8 Å². The number of hydrogen-bond acceptors (Lipinski definition) is 7. The average Bonchev–Trinajstić information content (AvgIpc) is 3.52. The highest BCUT2D eigenvalue weighted by molar-refractivity contribution is 6.22. The number of benzene rings is 4. The third kappa shape index (κ3) is 4.52. The highest BCUT2D eigenvalue weighted by Crippen LogP contribution is 2.65. The molecular formula is C41H37N3O6. The Kier molecular flexibility index (Phi) is 7.58. The van der Waals surface area contributed by atoms with Gasteiger partial charge in [-0.1, -0.05) is 90.0 Å². The molecule has 6 atom stereocenters. The van der Waals surface area contributed by atoms with Crippen LogP contribution in [0.5, 0.6) is 11.5 Å². The van der Waals surface area contributed by atoms with E-state index >= 15 is 4.79 Å². The standard InChI is InChI=1S/C41H37N3O6/c1-3-50-33-16-10-15-30(36(33)45)35-28-21-22-29-34(39(48)43(37(29)46)27-13-8-5-9-14-27)31(28)23-32-38(47)44(42-26-19-17-24(2)18-20-26)40(49)41(32,35)25-11-6-4-7-12-25/h4-21,29,31-32,34-35,42,45H,3,22-23H2,1-2H3. The van der Waals surface area contributed by atoms with E-state index in [-0.39, 0.29) is 36.2 Å². The summed E-state index contributed by atoms with van der Waals surface area (Å²) in [6.45, 7) is 4.09. The molecule has 2 aliphatic heterocycles. The van der Waals surface area contributed by atoms with E-state index in [0.29, 0.717) is 29.1 Å². The number of allylic oxidation sites excluding steroid dienone is 2. The van der Waals surface area contributed by atoms with Gasteiger partial charge in [0.05, 0.1) is 41.2 Å². The van der Waals surface area contributed by atoms with Crippen LogP contribution in [0.3, 0.4) is 0 Å². The van der Waals surface area contributed by atoms with Gasteiger partial charge in [-0.05, 0) is 68.5 Å². The number of nitrogens with one attached hydrogen (secondary N) is 1. The second-order valence-electron chi connectivity index (χ2n) is 13.6. The van der Waals surface area contributed by atoms with Crippen LogP contribution in [-0.2, 0) is 24.6 Å². The number of ether oxygens (including phenoxy) is 1. The number of para-hydroxylation sites is 2. The van der Waals surface area contributed by atoms with Crippen LogP contribution in [0.4, 0.5) is 11.4 Å². The Morgan fingerprint density at radius 3 is 2.22 bits per heavy atom. The monoisotopic (exact) mass is 667 g/mol. The number of imide groups is 2. The lowest BCUT2D eigenvalue weighted by Gasteiger charge is -2.50. The van der Waals surface area contributed by atoms with E-state index in [4.69, 9.17) is 4.74 Å². The molecule has 0 spiro atoms. The summed E-state index contributed by atoms with van der Waals surface area (Å²) in [4.78, 5) is 59.7. The third-order valence-corrected chi connectivity index (χ3v) is 11.0. The normalized spacial score (nSPS) is 27.1. The highest BCUT2D eigenvalue weighted by Gasteiger charge is 2.70. The minimum Gasteiger partial charge on any atom is -0.504 e. The number of hydrogen-bond donors (Lipinski definition) is 2. The van der Waals surface area contributed by atoms with Gasteiger partial charge in [0, 0.05) is 11.5 Å². The van der Waals surface area contributed by atoms with E-state index in [1.165, 1.54) is 4.90 Å². The smallest absolute Gasteiger partial charge is 0.260 e. The fraction of sp³-hybridized carbons (Fsp3) is 0.268. The first-order valence-corrected chi connectivity index (χ1v) is 17.1. The van der Waals surface area contributed by atoms with Gasteiger partial charge in [-0.2, -0.15) is 5.01 Å². The minimum absolute atomic E-state index is 0.123. The second-order valence-corrected chi connectivity index (χ2v) is 13.6. The van der Waals surface area contributed by atoms with Gasteiger partial charge in [0.15, 0.2) is 11.5 Å². The molecule has 2 heterocycles. The summed E-state index contributed by atoms with van der Waals surface area (Å²) in [6.07, 6.45) is 2.44.